The third-order valence-electron chi connectivity index (χ3n) is 2.59. The fourth-order valence-corrected chi connectivity index (χ4v) is 3.72. The van der Waals surface area contributed by atoms with Gasteiger partial charge in [-0.15, -0.1) is 0 Å². The molecule has 0 bridgehead atoms. The molecule has 0 spiro atoms. The highest BCUT2D eigenvalue weighted by Gasteiger charge is 2.25. The van der Waals surface area contributed by atoms with E-state index in [0.29, 0.717) is 6.07 Å². The molecule has 1 aromatic carbocycles. The van der Waals surface area contributed by atoms with Crippen LogP contribution in [-0.4, -0.2) is 26.0 Å². The molecular weight excluding hydrogens is 360 g/mol. The molecule has 0 amide bonds. The van der Waals surface area contributed by atoms with Gasteiger partial charge in [0.05, 0.1) is 5.92 Å². The minimum Gasteiger partial charge on any atom is -0.481 e. The van der Waals surface area contributed by atoms with Crippen molar-refractivity contribution in [2.45, 2.75) is 18.2 Å². The molecule has 1 atom stereocenters. The molecule has 2 N–H and O–H groups in total. The van der Waals surface area contributed by atoms with Gasteiger partial charge in [0, 0.05) is 17.1 Å². The molecule has 0 radical (unpaired) electrons. The van der Waals surface area contributed by atoms with Gasteiger partial charge < -0.3 is 5.11 Å². The normalized spacial score (nSPS) is 13.2. The van der Waals surface area contributed by atoms with Gasteiger partial charge in [0.25, 0.3) is 0 Å². The molecule has 1 rings (SSSR count). The predicted molar refractivity (Wildman–Crippen MR) is 70.7 cm³/mol. The van der Waals surface area contributed by atoms with Gasteiger partial charge in [-0.25, -0.2) is 21.9 Å². The summed E-state index contributed by atoms with van der Waals surface area (Å²) in [5.74, 6) is -4.26. The second kappa shape index (κ2) is 6.59. The fraction of sp³-hybridized carbons (Fsp3) is 0.364. The summed E-state index contributed by atoms with van der Waals surface area (Å²) in [5.41, 5.74) is 0. The molecule has 0 aromatic heterocycles. The van der Waals surface area contributed by atoms with E-state index < -0.39 is 38.4 Å². The quantitative estimate of drug-likeness (QED) is 0.801. The van der Waals surface area contributed by atoms with Crippen molar-refractivity contribution in [3.63, 3.8) is 0 Å². The van der Waals surface area contributed by atoms with Crippen molar-refractivity contribution in [3.8, 4) is 0 Å². The van der Waals surface area contributed by atoms with E-state index in [1.807, 2.05) is 4.72 Å². The number of aliphatic carboxylic acids is 1. The highest BCUT2D eigenvalue weighted by Crippen LogP contribution is 2.26. The summed E-state index contributed by atoms with van der Waals surface area (Å²) in [5, 5.41) is 8.82. The zero-order valence-corrected chi connectivity index (χ0v) is 12.8. The lowest BCUT2D eigenvalue weighted by atomic mass is 10.1. The van der Waals surface area contributed by atoms with E-state index >= 15 is 0 Å². The first kappa shape index (κ1) is 17.0. The van der Waals surface area contributed by atoms with Crippen LogP contribution in [0.3, 0.4) is 0 Å². The first-order chi connectivity index (χ1) is 9.19. The van der Waals surface area contributed by atoms with Crippen LogP contribution in [0.5, 0.6) is 0 Å². The number of nitrogens with one attached hydrogen (secondary N) is 1. The molecule has 5 nitrogen and oxygen atoms in total. The van der Waals surface area contributed by atoms with Crippen molar-refractivity contribution in [2.24, 2.45) is 5.92 Å². The van der Waals surface area contributed by atoms with Crippen LogP contribution in [0.1, 0.15) is 13.3 Å². The summed E-state index contributed by atoms with van der Waals surface area (Å²) in [6, 6.07) is 1.25. The number of carbonyl (C=O) groups is 1. The fourth-order valence-electron chi connectivity index (χ4n) is 1.47. The molecule has 0 aliphatic heterocycles. The predicted octanol–water partition coefficient (Wildman–Crippen LogP) is 2.12. The summed E-state index contributed by atoms with van der Waals surface area (Å²) in [6.45, 7) is 1.21. The van der Waals surface area contributed by atoms with Gasteiger partial charge in [0.15, 0.2) is 0 Å². The molecule has 0 heterocycles. The summed E-state index contributed by atoms with van der Waals surface area (Å²) in [6.07, 6.45) is 0.213. The number of hydrogen-bond donors (Lipinski definition) is 2. The van der Waals surface area contributed by atoms with Crippen molar-refractivity contribution in [2.75, 3.05) is 6.54 Å². The van der Waals surface area contributed by atoms with Crippen LogP contribution < -0.4 is 4.72 Å². The number of sulfonamides is 1. The van der Waals surface area contributed by atoms with Crippen LogP contribution in [0, 0.1) is 17.6 Å². The Hall–Kier alpha value is -1.06. The van der Waals surface area contributed by atoms with Gasteiger partial charge in [0.2, 0.25) is 10.0 Å². The SMILES string of the molecule is CCC(CNS(=O)(=O)c1c(F)cc(F)cc1Br)C(=O)O. The van der Waals surface area contributed by atoms with E-state index in [0.717, 1.165) is 6.07 Å². The minimum atomic E-state index is -4.28. The second-order valence-electron chi connectivity index (χ2n) is 3.99. The largest absolute Gasteiger partial charge is 0.481 e. The third kappa shape index (κ3) is 3.97. The maximum absolute atomic E-state index is 13.6. The lowest BCUT2D eigenvalue weighted by Crippen LogP contribution is -2.33. The molecule has 0 fully saturated rings. The Balaban J connectivity index is 3.04. The van der Waals surface area contributed by atoms with Gasteiger partial charge in [0.1, 0.15) is 16.5 Å². The van der Waals surface area contributed by atoms with Crippen LogP contribution in [0.15, 0.2) is 21.5 Å². The number of carboxylic acids is 1. The van der Waals surface area contributed by atoms with E-state index in [1.165, 1.54) is 0 Å². The molecule has 0 aliphatic rings. The standard InChI is InChI=1S/C11H12BrF2NO4S/c1-2-6(11(16)17)5-15-20(18,19)10-8(12)3-7(13)4-9(10)14/h3-4,6,15H,2,5H2,1H3,(H,16,17). The van der Waals surface area contributed by atoms with Crippen LogP contribution in [0.4, 0.5) is 8.78 Å². The first-order valence-electron chi connectivity index (χ1n) is 5.56. The second-order valence-corrected chi connectivity index (χ2v) is 6.55. The maximum atomic E-state index is 13.6. The van der Waals surface area contributed by atoms with Gasteiger partial charge in [-0.1, -0.05) is 6.92 Å². The molecule has 0 saturated heterocycles. The Morgan fingerprint density at radius 2 is 2.05 bits per heavy atom. The number of carboxylic acid groups (broad SMARTS) is 1. The number of halogens is 3. The smallest absolute Gasteiger partial charge is 0.307 e. The van der Waals surface area contributed by atoms with Gasteiger partial charge in [-0.05, 0) is 28.4 Å². The zero-order valence-electron chi connectivity index (χ0n) is 10.4. The molecule has 1 unspecified atom stereocenters. The van der Waals surface area contributed by atoms with Crippen molar-refractivity contribution in [1.82, 2.24) is 4.72 Å². The van der Waals surface area contributed by atoms with E-state index in [-0.39, 0.29) is 17.4 Å². The Morgan fingerprint density at radius 3 is 2.50 bits per heavy atom. The van der Waals surface area contributed by atoms with E-state index in [1.54, 1.807) is 6.92 Å². The van der Waals surface area contributed by atoms with Crippen LogP contribution in [-0.2, 0) is 14.8 Å². The van der Waals surface area contributed by atoms with Crippen LogP contribution in [0.2, 0.25) is 0 Å². The Kier molecular flexibility index (Phi) is 5.60. The van der Waals surface area contributed by atoms with E-state index in [2.05, 4.69) is 15.9 Å². The highest BCUT2D eigenvalue weighted by molar-refractivity contribution is 9.10. The lowest BCUT2D eigenvalue weighted by Gasteiger charge is -2.13. The average Bonchev–Trinajstić information content (AvgIpc) is 2.26. The van der Waals surface area contributed by atoms with Gasteiger partial charge in [-0.2, -0.15) is 0 Å². The number of rotatable bonds is 6. The van der Waals surface area contributed by atoms with E-state index in [4.69, 9.17) is 5.11 Å². The van der Waals surface area contributed by atoms with Crippen LogP contribution >= 0.6 is 15.9 Å². The summed E-state index contributed by atoms with van der Waals surface area (Å²) in [4.78, 5) is 10.0. The molecule has 112 valence electrons. The number of hydrogen-bond acceptors (Lipinski definition) is 3. The Bertz CT molecular complexity index is 598. The van der Waals surface area contributed by atoms with Crippen molar-refractivity contribution in [3.05, 3.63) is 28.2 Å². The van der Waals surface area contributed by atoms with Crippen molar-refractivity contribution >= 4 is 31.9 Å². The van der Waals surface area contributed by atoms with Gasteiger partial charge >= 0.3 is 5.97 Å². The molecule has 9 heteroatoms. The van der Waals surface area contributed by atoms with Crippen LogP contribution in [0.25, 0.3) is 0 Å². The topological polar surface area (TPSA) is 83.5 Å². The minimum absolute atomic E-state index is 0.213. The lowest BCUT2D eigenvalue weighted by molar-refractivity contribution is -0.141. The highest BCUT2D eigenvalue weighted by atomic mass is 79.9. The first-order valence-corrected chi connectivity index (χ1v) is 7.83. The monoisotopic (exact) mass is 371 g/mol. The van der Waals surface area contributed by atoms with Gasteiger partial charge in [-0.3, -0.25) is 4.79 Å². The molecule has 0 saturated carbocycles. The summed E-state index contributed by atoms with van der Waals surface area (Å²) in [7, 11) is -4.28. The zero-order chi connectivity index (χ0) is 15.5. The van der Waals surface area contributed by atoms with Crippen molar-refractivity contribution in [1.29, 1.82) is 0 Å². The number of benzene rings is 1. The molecular formula is C11H12BrF2NO4S. The summed E-state index contributed by atoms with van der Waals surface area (Å²) < 4.78 is 52.1. The van der Waals surface area contributed by atoms with Crippen molar-refractivity contribution < 1.29 is 27.1 Å². The summed E-state index contributed by atoms with van der Waals surface area (Å²) >= 11 is 2.77. The molecule has 0 aliphatic carbocycles. The third-order valence-corrected chi connectivity index (χ3v) is 4.98. The Labute approximate surface area is 123 Å². The molecule has 20 heavy (non-hydrogen) atoms. The maximum Gasteiger partial charge on any atom is 0.307 e. The van der Waals surface area contributed by atoms with E-state index in [9.17, 15) is 22.0 Å². The molecule has 1 aromatic rings. The Morgan fingerprint density at radius 1 is 1.45 bits per heavy atom. The average molecular weight is 372 g/mol.